The van der Waals surface area contributed by atoms with Crippen LogP contribution in [0.5, 0.6) is 0 Å². The SMILES string of the molecule is CC(C)(C)[C@@H](OC(=O)C(F)(F)F)C(=O)N1CCSC[C@H]1C(=O)NCc1cc(Cl)ccc1CN. The van der Waals surface area contributed by atoms with Crippen LogP contribution in [0.1, 0.15) is 31.9 Å². The van der Waals surface area contributed by atoms with Crippen LogP contribution >= 0.6 is 23.4 Å². The molecule has 1 aliphatic heterocycles. The minimum absolute atomic E-state index is 0.112. The molecule has 0 radical (unpaired) electrons. The Bertz CT molecular complexity index is 892. The smallest absolute Gasteiger partial charge is 0.445 e. The van der Waals surface area contributed by atoms with Crippen LogP contribution in [0.15, 0.2) is 18.2 Å². The van der Waals surface area contributed by atoms with E-state index in [0.717, 1.165) is 5.56 Å². The molecule has 33 heavy (non-hydrogen) atoms. The second-order valence-corrected chi connectivity index (χ2v) is 10.2. The molecule has 0 bridgehead atoms. The Labute approximate surface area is 199 Å². The van der Waals surface area contributed by atoms with Crippen molar-refractivity contribution in [2.75, 3.05) is 18.1 Å². The topological polar surface area (TPSA) is 102 Å². The van der Waals surface area contributed by atoms with Crippen molar-refractivity contribution in [3.63, 3.8) is 0 Å². The van der Waals surface area contributed by atoms with Gasteiger partial charge in [0.25, 0.3) is 5.91 Å². The highest BCUT2D eigenvalue weighted by Crippen LogP contribution is 2.29. The average Bonchev–Trinajstić information content (AvgIpc) is 2.73. The largest absolute Gasteiger partial charge is 0.490 e. The number of nitrogens with one attached hydrogen (secondary N) is 1. The van der Waals surface area contributed by atoms with E-state index in [2.05, 4.69) is 10.1 Å². The molecule has 12 heteroatoms. The van der Waals surface area contributed by atoms with Crippen molar-refractivity contribution >= 4 is 41.1 Å². The molecule has 3 N–H and O–H groups in total. The van der Waals surface area contributed by atoms with Crippen molar-refractivity contribution < 1.29 is 32.3 Å². The van der Waals surface area contributed by atoms with Crippen LogP contribution in [0.4, 0.5) is 13.2 Å². The monoisotopic (exact) mass is 509 g/mol. The highest BCUT2D eigenvalue weighted by Gasteiger charge is 2.48. The van der Waals surface area contributed by atoms with Crippen molar-refractivity contribution in [3.05, 3.63) is 34.3 Å². The Morgan fingerprint density at radius 1 is 1.27 bits per heavy atom. The number of nitrogens with zero attached hydrogens (tertiary/aromatic N) is 1. The van der Waals surface area contributed by atoms with Gasteiger partial charge in [0.05, 0.1) is 0 Å². The summed E-state index contributed by atoms with van der Waals surface area (Å²) in [5.41, 5.74) is 6.10. The molecule has 184 valence electrons. The van der Waals surface area contributed by atoms with Gasteiger partial charge in [0, 0.05) is 41.6 Å². The van der Waals surface area contributed by atoms with Gasteiger partial charge in [0.2, 0.25) is 5.91 Å². The zero-order valence-corrected chi connectivity index (χ0v) is 20.1. The van der Waals surface area contributed by atoms with Crippen molar-refractivity contribution in [1.29, 1.82) is 0 Å². The first-order chi connectivity index (χ1) is 15.3. The summed E-state index contributed by atoms with van der Waals surface area (Å²) >= 11 is 7.46. The molecule has 1 aliphatic rings. The fraction of sp³-hybridized carbons (Fsp3) is 0.571. The van der Waals surface area contributed by atoms with E-state index in [1.54, 1.807) is 18.2 Å². The minimum atomic E-state index is -5.24. The van der Waals surface area contributed by atoms with Gasteiger partial charge in [-0.15, -0.1) is 0 Å². The van der Waals surface area contributed by atoms with Crippen LogP contribution in [-0.2, 0) is 32.2 Å². The fourth-order valence-electron chi connectivity index (χ4n) is 3.27. The van der Waals surface area contributed by atoms with Crippen molar-refractivity contribution in [2.24, 2.45) is 11.1 Å². The van der Waals surface area contributed by atoms with E-state index in [1.807, 2.05) is 0 Å². The average molecular weight is 510 g/mol. The summed E-state index contributed by atoms with van der Waals surface area (Å²) in [5.74, 6) is -3.02. The number of thioether (sulfide) groups is 1. The van der Waals surface area contributed by atoms with E-state index in [1.165, 1.54) is 37.4 Å². The number of hydrogen-bond acceptors (Lipinski definition) is 6. The molecule has 0 unspecified atom stereocenters. The Morgan fingerprint density at radius 3 is 2.52 bits per heavy atom. The zero-order valence-electron chi connectivity index (χ0n) is 18.5. The van der Waals surface area contributed by atoms with Crippen LogP contribution < -0.4 is 11.1 Å². The first-order valence-electron chi connectivity index (χ1n) is 10.2. The third-order valence-electron chi connectivity index (χ3n) is 5.02. The number of hydrogen-bond donors (Lipinski definition) is 2. The molecule has 1 aromatic carbocycles. The highest BCUT2D eigenvalue weighted by molar-refractivity contribution is 7.99. The van der Waals surface area contributed by atoms with Gasteiger partial charge in [0.15, 0.2) is 6.10 Å². The summed E-state index contributed by atoms with van der Waals surface area (Å²) in [6.07, 6.45) is -6.95. The van der Waals surface area contributed by atoms with Gasteiger partial charge >= 0.3 is 12.1 Å². The lowest BCUT2D eigenvalue weighted by atomic mass is 9.87. The van der Waals surface area contributed by atoms with E-state index in [4.69, 9.17) is 17.3 Å². The van der Waals surface area contributed by atoms with Gasteiger partial charge in [-0.1, -0.05) is 38.4 Å². The van der Waals surface area contributed by atoms with E-state index < -0.39 is 41.5 Å². The standard InChI is InChI=1S/C21H27ClF3N3O4S/c1-20(2,3)16(32-19(31)21(23,24)25)18(30)28-6-7-33-11-15(28)17(29)27-10-13-8-14(22)5-4-12(13)9-26/h4-5,8,15-16H,6-7,9-11,26H2,1-3H3,(H,27,29)/t15-,16-/m0/s1. The minimum Gasteiger partial charge on any atom is -0.445 e. The summed E-state index contributed by atoms with van der Waals surface area (Å²) in [4.78, 5) is 38.8. The molecule has 7 nitrogen and oxygen atoms in total. The highest BCUT2D eigenvalue weighted by atomic mass is 35.5. The van der Waals surface area contributed by atoms with E-state index in [-0.39, 0.29) is 25.4 Å². The Balaban J connectivity index is 2.20. The van der Waals surface area contributed by atoms with Gasteiger partial charge in [-0.05, 0) is 23.3 Å². The van der Waals surface area contributed by atoms with Gasteiger partial charge in [-0.25, -0.2) is 4.79 Å². The normalized spacial score (nSPS) is 17.9. The van der Waals surface area contributed by atoms with Gasteiger partial charge in [0.1, 0.15) is 6.04 Å². The van der Waals surface area contributed by atoms with Crippen molar-refractivity contribution in [2.45, 2.75) is 52.2 Å². The number of rotatable bonds is 6. The molecule has 0 aliphatic carbocycles. The maximum atomic E-state index is 13.2. The first-order valence-corrected chi connectivity index (χ1v) is 11.7. The summed E-state index contributed by atoms with van der Waals surface area (Å²) in [6, 6.07) is 4.17. The molecule has 0 aromatic heterocycles. The summed E-state index contributed by atoms with van der Waals surface area (Å²) in [5, 5.41) is 3.22. The summed E-state index contributed by atoms with van der Waals surface area (Å²) in [7, 11) is 0. The predicted molar refractivity (Wildman–Crippen MR) is 119 cm³/mol. The number of benzene rings is 1. The summed E-state index contributed by atoms with van der Waals surface area (Å²) < 4.78 is 42.9. The quantitative estimate of drug-likeness (QED) is 0.572. The molecular formula is C21H27ClF3N3O4S. The summed E-state index contributed by atoms with van der Waals surface area (Å²) in [6.45, 7) is 4.94. The number of ether oxygens (including phenoxy) is 1. The number of nitrogens with two attached hydrogens (primary N) is 1. The number of halogens is 4. The molecular weight excluding hydrogens is 483 g/mol. The number of carbonyl (C=O) groups excluding carboxylic acids is 3. The van der Waals surface area contributed by atoms with Crippen molar-refractivity contribution in [3.8, 4) is 0 Å². The Kier molecular flexibility index (Phi) is 9.06. The van der Waals surface area contributed by atoms with E-state index >= 15 is 0 Å². The molecule has 1 heterocycles. The van der Waals surface area contributed by atoms with Crippen LogP contribution in [0.2, 0.25) is 5.02 Å². The molecule has 1 saturated heterocycles. The Hall–Kier alpha value is -1.98. The molecule has 2 rings (SSSR count). The second-order valence-electron chi connectivity index (χ2n) is 8.61. The van der Waals surface area contributed by atoms with Gasteiger partial charge < -0.3 is 20.7 Å². The Morgan fingerprint density at radius 2 is 1.94 bits per heavy atom. The molecule has 0 saturated carbocycles. The molecule has 2 amide bonds. The van der Waals surface area contributed by atoms with E-state index in [0.29, 0.717) is 16.3 Å². The molecule has 2 atom stereocenters. The maximum absolute atomic E-state index is 13.2. The number of carbonyl (C=O) groups is 3. The van der Waals surface area contributed by atoms with Crippen molar-refractivity contribution in [1.82, 2.24) is 10.2 Å². The zero-order chi connectivity index (χ0) is 25.0. The van der Waals surface area contributed by atoms with Gasteiger partial charge in [-0.2, -0.15) is 24.9 Å². The third kappa shape index (κ3) is 7.25. The lowest BCUT2D eigenvalue weighted by Crippen LogP contribution is -2.59. The molecule has 0 spiro atoms. The molecule has 1 fully saturated rings. The first kappa shape index (κ1) is 27.3. The number of amides is 2. The predicted octanol–water partition coefficient (Wildman–Crippen LogP) is 2.88. The van der Waals surface area contributed by atoms with Crippen LogP contribution in [-0.4, -0.2) is 59.1 Å². The lowest BCUT2D eigenvalue weighted by molar-refractivity contribution is -0.211. The molecule has 1 aromatic rings. The second kappa shape index (κ2) is 11.0. The van der Waals surface area contributed by atoms with Crippen LogP contribution in [0.3, 0.4) is 0 Å². The van der Waals surface area contributed by atoms with Gasteiger partial charge in [-0.3, -0.25) is 9.59 Å². The lowest BCUT2D eigenvalue weighted by Gasteiger charge is -2.39. The number of esters is 1. The number of alkyl halides is 3. The van der Waals surface area contributed by atoms with Crippen LogP contribution in [0.25, 0.3) is 0 Å². The van der Waals surface area contributed by atoms with E-state index in [9.17, 15) is 27.6 Å². The third-order valence-corrected chi connectivity index (χ3v) is 6.28. The fourth-order valence-corrected chi connectivity index (χ4v) is 4.51. The maximum Gasteiger partial charge on any atom is 0.490 e. The van der Waals surface area contributed by atoms with Crippen LogP contribution in [0, 0.1) is 5.41 Å².